The van der Waals surface area contributed by atoms with Gasteiger partial charge in [0.25, 0.3) is 0 Å². The second-order valence-corrected chi connectivity index (χ2v) is 4.61. The number of hydrogen-bond donors (Lipinski definition) is 0. The molecule has 13 heavy (non-hydrogen) atoms. The molecule has 0 fully saturated rings. The summed E-state index contributed by atoms with van der Waals surface area (Å²) in [4.78, 5) is 0. The van der Waals surface area contributed by atoms with Crippen molar-refractivity contribution in [2.24, 2.45) is 5.41 Å². The normalized spacial score (nSPS) is 14.3. The van der Waals surface area contributed by atoms with Gasteiger partial charge in [-0.1, -0.05) is 51.7 Å². The molecule has 0 heteroatoms. The Morgan fingerprint density at radius 3 is 1.69 bits per heavy atom. The third-order valence-corrected chi connectivity index (χ3v) is 3.66. The Morgan fingerprint density at radius 2 is 1.38 bits per heavy atom. The van der Waals surface area contributed by atoms with Crippen molar-refractivity contribution in [3.05, 3.63) is 11.1 Å². The van der Waals surface area contributed by atoms with E-state index in [0.717, 1.165) is 0 Å². The van der Waals surface area contributed by atoms with E-state index in [4.69, 9.17) is 0 Å². The van der Waals surface area contributed by atoms with Crippen LogP contribution in [0.15, 0.2) is 11.1 Å². The monoisotopic (exact) mass is 182 g/mol. The molecule has 0 nitrogen and oxygen atoms in total. The maximum absolute atomic E-state index is 2.40. The summed E-state index contributed by atoms with van der Waals surface area (Å²) in [5.41, 5.74) is 3.71. The molecule has 0 saturated carbocycles. The van der Waals surface area contributed by atoms with Gasteiger partial charge in [0.15, 0.2) is 0 Å². The van der Waals surface area contributed by atoms with Crippen LogP contribution in [0.1, 0.15) is 67.2 Å². The van der Waals surface area contributed by atoms with Gasteiger partial charge in [-0.2, -0.15) is 0 Å². The van der Waals surface area contributed by atoms with Crippen LogP contribution in [0.5, 0.6) is 0 Å². The standard InChI is InChI=1S/C13H26/c1-7-11(4)12(5)10-13(6,8-2)9-3/h7-10H2,1-6H3. The molecule has 0 aliphatic carbocycles. The van der Waals surface area contributed by atoms with Crippen LogP contribution in [0.3, 0.4) is 0 Å². The van der Waals surface area contributed by atoms with E-state index in [2.05, 4.69) is 41.5 Å². The molecule has 0 amide bonds. The summed E-state index contributed by atoms with van der Waals surface area (Å²) in [5, 5.41) is 0. The van der Waals surface area contributed by atoms with Crippen LogP contribution in [0.4, 0.5) is 0 Å². The fraction of sp³-hybridized carbons (Fsp3) is 0.846. The zero-order chi connectivity index (χ0) is 10.5. The first kappa shape index (κ1) is 12.7. The smallest absolute Gasteiger partial charge is 0.0266 e. The largest absolute Gasteiger partial charge is 0.0747 e. The predicted molar refractivity (Wildman–Crippen MR) is 62.0 cm³/mol. The molecule has 78 valence electrons. The highest BCUT2D eigenvalue weighted by atomic mass is 14.2. The van der Waals surface area contributed by atoms with Crippen molar-refractivity contribution in [1.29, 1.82) is 0 Å². The van der Waals surface area contributed by atoms with Crippen molar-refractivity contribution in [2.45, 2.75) is 67.2 Å². The molecule has 0 aromatic carbocycles. The molecule has 0 atom stereocenters. The fourth-order valence-electron chi connectivity index (χ4n) is 1.59. The maximum atomic E-state index is 2.40. The van der Waals surface area contributed by atoms with Crippen LogP contribution in [-0.2, 0) is 0 Å². The molecular weight excluding hydrogens is 156 g/mol. The van der Waals surface area contributed by atoms with Crippen molar-refractivity contribution in [3.8, 4) is 0 Å². The summed E-state index contributed by atoms with van der Waals surface area (Å²) >= 11 is 0. The van der Waals surface area contributed by atoms with E-state index in [1.165, 1.54) is 25.7 Å². The van der Waals surface area contributed by atoms with Crippen LogP contribution in [0.25, 0.3) is 0 Å². The lowest BCUT2D eigenvalue weighted by Gasteiger charge is -2.27. The molecule has 0 saturated heterocycles. The molecule has 0 aliphatic rings. The quantitative estimate of drug-likeness (QED) is 0.528. The lowest BCUT2D eigenvalue weighted by Crippen LogP contribution is -2.14. The highest BCUT2D eigenvalue weighted by Gasteiger charge is 2.20. The van der Waals surface area contributed by atoms with Crippen molar-refractivity contribution in [1.82, 2.24) is 0 Å². The van der Waals surface area contributed by atoms with Crippen LogP contribution < -0.4 is 0 Å². The van der Waals surface area contributed by atoms with Crippen LogP contribution in [0, 0.1) is 5.41 Å². The zero-order valence-corrected chi connectivity index (χ0v) is 10.3. The summed E-state index contributed by atoms with van der Waals surface area (Å²) < 4.78 is 0. The van der Waals surface area contributed by atoms with E-state index in [-0.39, 0.29) is 0 Å². The van der Waals surface area contributed by atoms with Gasteiger partial charge in [0.2, 0.25) is 0 Å². The molecule has 0 spiro atoms. The first-order valence-corrected chi connectivity index (χ1v) is 5.64. The molecule has 0 aromatic heterocycles. The van der Waals surface area contributed by atoms with Gasteiger partial charge < -0.3 is 0 Å². The van der Waals surface area contributed by atoms with Gasteiger partial charge in [0.1, 0.15) is 0 Å². The number of hydrogen-bond acceptors (Lipinski definition) is 0. The van der Waals surface area contributed by atoms with Crippen molar-refractivity contribution < 1.29 is 0 Å². The third kappa shape index (κ3) is 3.97. The molecule has 0 aromatic rings. The van der Waals surface area contributed by atoms with E-state index >= 15 is 0 Å². The summed E-state index contributed by atoms with van der Waals surface area (Å²) in [6.07, 6.45) is 5.06. The Labute approximate surface area is 84.4 Å². The zero-order valence-electron chi connectivity index (χ0n) is 10.3. The van der Waals surface area contributed by atoms with Crippen molar-refractivity contribution in [3.63, 3.8) is 0 Å². The Balaban J connectivity index is 4.41. The third-order valence-electron chi connectivity index (χ3n) is 3.66. The first-order chi connectivity index (χ1) is 5.99. The molecule has 0 radical (unpaired) electrons. The summed E-state index contributed by atoms with van der Waals surface area (Å²) in [5.74, 6) is 0. The van der Waals surface area contributed by atoms with E-state index in [0.29, 0.717) is 5.41 Å². The second-order valence-electron chi connectivity index (χ2n) is 4.61. The van der Waals surface area contributed by atoms with E-state index < -0.39 is 0 Å². The Kier molecular flexibility index (Phi) is 5.36. The average Bonchev–Trinajstić information content (AvgIpc) is 2.16. The average molecular weight is 182 g/mol. The van der Waals surface area contributed by atoms with Gasteiger partial charge in [0, 0.05) is 0 Å². The van der Waals surface area contributed by atoms with Crippen LogP contribution in [0.2, 0.25) is 0 Å². The molecule has 0 bridgehead atoms. The van der Waals surface area contributed by atoms with Gasteiger partial charge in [-0.15, -0.1) is 0 Å². The predicted octanol–water partition coefficient (Wildman–Crippen LogP) is 4.95. The lowest BCUT2D eigenvalue weighted by molar-refractivity contribution is 0.294. The molecule has 0 unspecified atom stereocenters. The SMILES string of the molecule is CCC(C)=C(C)CC(C)(CC)CC. The van der Waals surface area contributed by atoms with Gasteiger partial charge in [-0.25, -0.2) is 0 Å². The van der Waals surface area contributed by atoms with Gasteiger partial charge in [0.05, 0.1) is 0 Å². The minimum atomic E-state index is 0.528. The number of rotatable bonds is 5. The van der Waals surface area contributed by atoms with Crippen LogP contribution in [-0.4, -0.2) is 0 Å². The van der Waals surface area contributed by atoms with E-state index in [9.17, 15) is 0 Å². The lowest BCUT2D eigenvalue weighted by atomic mass is 9.78. The topological polar surface area (TPSA) is 0 Å². The Bertz CT molecular complexity index is 170. The van der Waals surface area contributed by atoms with Gasteiger partial charge in [-0.3, -0.25) is 0 Å². The summed E-state index contributed by atoms with van der Waals surface area (Å²) in [7, 11) is 0. The minimum Gasteiger partial charge on any atom is -0.0747 e. The molecule has 0 heterocycles. The highest BCUT2D eigenvalue weighted by molar-refractivity contribution is 5.10. The van der Waals surface area contributed by atoms with E-state index in [1.54, 1.807) is 11.1 Å². The maximum Gasteiger partial charge on any atom is -0.0266 e. The molecule has 0 N–H and O–H groups in total. The summed E-state index contributed by atoms with van der Waals surface area (Å²) in [6.45, 7) is 13.8. The van der Waals surface area contributed by atoms with Gasteiger partial charge in [-0.05, 0) is 32.1 Å². The summed E-state index contributed by atoms with van der Waals surface area (Å²) in [6, 6.07) is 0. The Hall–Kier alpha value is -0.260. The second kappa shape index (κ2) is 5.47. The highest BCUT2D eigenvalue weighted by Crippen LogP contribution is 2.34. The molecule has 0 rings (SSSR count). The first-order valence-electron chi connectivity index (χ1n) is 5.64. The fourth-order valence-corrected chi connectivity index (χ4v) is 1.59. The van der Waals surface area contributed by atoms with Crippen molar-refractivity contribution >= 4 is 0 Å². The van der Waals surface area contributed by atoms with Crippen LogP contribution >= 0.6 is 0 Å². The van der Waals surface area contributed by atoms with Gasteiger partial charge >= 0.3 is 0 Å². The number of allylic oxidation sites excluding steroid dienone is 2. The molecular formula is C13H26. The van der Waals surface area contributed by atoms with E-state index in [1.807, 2.05) is 0 Å². The Morgan fingerprint density at radius 1 is 0.923 bits per heavy atom. The van der Waals surface area contributed by atoms with Crippen molar-refractivity contribution in [2.75, 3.05) is 0 Å². The molecule has 0 aliphatic heterocycles. The minimum absolute atomic E-state index is 0.528.